The van der Waals surface area contributed by atoms with E-state index in [0.29, 0.717) is 48.1 Å². The summed E-state index contributed by atoms with van der Waals surface area (Å²) in [6.07, 6.45) is 1.21. The van der Waals surface area contributed by atoms with Crippen molar-refractivity contribution >= 4 is 0 Å². The van der Waals surface area contributed by atoms with Crippen molar-refractivity contribution in [2.75, 3.05) is 0 Å². The van der Waals surface area contributed by atoms with E-state index in [1.54, 1.807) is 48.5 Å². The van der Waals surface area contributed by atoms with E-state index in [9.17, 15) is 0 Å². The molecule has 27 heavy (non-hydrogen) atoms. The molecule has 0 spiro atoms. The average Bonchev–Trinajstić information content (AvgIpc) is 2.61. The highest BCUT2D eigenvalue weighted by Crippen LogP contribution is 2.71. The van der Waals surface area contributed by atoms with Crippen LogP contribution in [-0.4, -0.2) is 6.18 Å². The number of hydrogen-bond donors (Lipinski definition) is 0. The zero-order chi connectivity index (χ0) is 18.7. The summed E-state index contributed by atoms with van der Waals surface area (Å²) in [6.45, 7) is 0. The summed E-state index contributed by atoms with van der Waals surface area (Å²) >= 11 is 0. The van der Waals surface area contributed by atoms with Crippen molar-refractivity contribution < 1.29 is 13.2 Å². The van der Waals surface area contributed by atoms with Crippen molar-refractivity contribution in [1.29, 1.82) is 0 Å². The first-order valence-electron chi connectivity index (χ1n) is 10.1. The molecule has 142 valence electrons. The maximum atomic E-state index is 15.3. The third-order valence-electron chi connectivity index (χ3n) is 7.67. The van der Waals surface area contributed by atoms with E-state index in [4.69, 9.17) is 0 Å². The monoisotopic (exact) mass is 370 g/mol. The average molecular weight is 370 g/mol. The first-order chi connectivity index (χ1) is 12.9. The van der Waals surface area contributed by atoms with Gasteiger partial charge in [0.1, 0.15) is 5.41 Å². The molecule has 4 aliphatic carbocycles. The maximum absolute atomic E-state index is 15.3. The summed E-state index contributed by atoms with van der Waals surface area (Å²) in [4.78, 5) is 0. The first kappa shape index (κ1) is 17.3. The van der Waals surface area contributed by atoms with Gasteiger partial charge in [-0.3, -0.25) is 0 Å². The van der Waals surface area contributed by atoms with E-state index in [1.807, 2.05) is 12.1 Å². The number of hydrogen-bond acceptors (Lipinski definition) is 0. The number of benzene rings is 2. The van der Waals surface area contributed by atoms with Gasteiger partial charge in [0.15, 0.2) is 0 Å². The van der Waals surface area contributed by atoms with Gasteiger partial charge in [0.25, 0.3) is 0 Å². The molecule has 4 saturated carbocycles. The molecule has 2 aromatic rings. The van der Waals surface area contributed by atoms with Crippen LogP contribution in [0.4, 0.5) is 13.2 Å². The SMILES string of the molecule is FC(F)(F)C(c1ccccc1)(c1ccccc1)C12CC3CC(CC(C3)C1)C2. The number of rotatable bonds is 3. The summed E-state index contributed by atoms with van der Waals surface area (Å²) in [5.74, 6) is 1.39. The van der Waals surface area contributed by atoms with Crippen LogP contribution >= 0.6 is 0 Å². The standard InChI is InChI=1S/C24H25F3/c25-24(26,27)23(20-7-3-1-4-8-20,21-9-5-2-6-10-21)22-14-17-11-18(15-22)13-19(12-17)16-22/h1-10,17-19H,11-16H2. The maximum Gasteiger partial charge on any atom is 0.402 e. The van der Waals surface area contributed by atoms with E-state index in [0.717, 1.165) is 19.3 Å². The van der Waals surface area contributed by atoms with Crippen LogP contribution in [0.3, 0.4) is 0 Å². The van der Waals surface area contributed by atoms with E-state index >= 15 is 13.2 Å². The fraction of sp³-hybridized carbons (Fsp3) is 0.500. The van der Waals surface area contributed by atoms with Gasteiger partial charge in [-0.25, -0.2) is 0 Å². The van der Waals surface area contributed by atoms with Gasteiger partial charge in [0, 0.05) is 0 Å². The lowest BCUT2D eigenvalue weighted by Crippen LogP contribution is -2.62. The van der Waals surface area contributed by atoms with E-state index in [-0.39, 0.29) is 0 Å². The fourth-order valence-electron chi connectivity index (χ4n) is 7.35. The quantitative estimate of drug-likeness (QED) is 0.560. The van der Waals surface area contributed by atoms with Gasteiger partial charge in [0.2, 0.25) is 0 Å². The Morgan fingerprint density at radius 1 is 0.630 bits per heavy atom. The van der Waals surface area contributed by atoms with Crippen LogP contribution in [0.2, 0.25) is 0 Å². The Morgan fingerprint density at radius 3 is 1.33 bits per heavy atom. The minimum absolute atomic E-state index is 0.422. The smallest absolute Gasteiger partial charge is 0.170 e. The molecule has 0 radical (unpaired) electrons. The molecule has 3 heteroatoms. The Kier molecular flexibility index (Phi) is 3.76. The molecule has 0 atom stereocenters. The molecule has 0 amide bonds. The highest BCUT2D eigenvalue weighted by atomic mass is 19.4. The molecule has 0 saturated heterocycles. The Hall–Kier alpha value is -1.77. The van der Waals surface area contributed by atoms with E-state index in [2.05, 4.69) is 0 Å². The molecular formula is C24H25F3. The fourth-order valence-corrected chi connectivity index (χ4v) is 7.35. The van der Waals surface area contributed by atoms with Crippen molar-refractivity contribution in [3.8, 4) is 0 Å². The largest absolute Gasteiger partial charge is 0.402 e. The molecule has 0 aromatic heterocycles. The van der Waals surface area contributed by atoms with Gasteiger partial charge in [-0.1, -0.05) is 60.7 Å². The van der Waals surface area contributed by atoms with Gasteiger partial charge >= 0.3 is 6.18 Å². The lowest BCUT2D eigenvalue weighted by molar-refractivity contribution is -0.241. The summed E-state index contributed by atoms with van der Waals surface area (Å²) in [7, 11) is 0. The topological polar surface area (TPSA) is 0 Å². The predicted octanol–water partition coefficient (Wildman–Crippen LogP) is 6.75. The summed E-state index contributed by atoms with van der Waals surface area (Å²) in [6, 6.07) is 17.5. The van der Waals surface area contributed by atoms with Crippen LogP contribution in [-0.2, 0) is 5.41 Å². The second-order valence-electron chi connectivity index (χ2n) is 9.18. The molecule has 4 bridgehead atoms. The second kappa shape index (κ2) is 5.86. The molecular weight excluding hydrogens is 345 g/mol. The molecule has 4 fully saturated rings. The van der Waals surface area contributed by atoms with Gasteiger partial charge in [-0.05, 0) is 72.8 Å². The second-order valence-corrected chi connectivity index (χ2v) is 9.18. The zero-order valence-corrected chi connectivity index (χ0v) is 15.4. The van der Waals surface area contributed by atoms with Gasteiger partial charge < -0.3 is 0 Å². The van der Waals surface area contributed by atoms with Crippen molar-refractivity contribution in [3.05, 3.63) is 71.8 Å². The van der Waals surface area contributed by atoms with Crippen LogP contribution in [0.1, 0.15) is 49.7 Å². The van der Waals surface area contributed by atoms with Gasteiger partial charge in [-0.2, -0.15) is 13.2 Å². The molecule has 0 nitrogen and oxygen atoms in total. The van der Waals surface area contributed by atoms with Crippen molar-refractivity contribution in [2.45, 2.75) is 50.1 Å². The lowest BCUT2D eigenvalue weighted by atomic mass is 9.40. The molecule has 0 heterocycles. The minimum atomic E-state index is -4.33. The summed E-state index contributed by atoms with van der Waals surface area (Å²) in [5, 5.41) is 0. The summed E-state index contributed by atoms with van der Waals surface area (Å²) < 4.78 is 45.8. The molecule has 2 aromatic carbocycles. The predicted molar refractivity (Wildman–Crippen MR) is 100 cm³/mol. The van der Waals surface area contributed by atoms with Crippen LogP contribution in [0, 0.1) is 23.2 Å². The Bertz CT molecular complexity index is 732. The lowest BCUT2D eigenvalue weighted by Gasteiger charge is -2.64. The number of alkyl halides is 3. The Balaban J connectivity index is 1.81. The summed E-state index contributed by atoms with van der Waals surface area (Å²) in [5.41, 5.74) is -1.79. The molecule has 0 N–H and O–H groups in total. The van der Waals surface area contributed by atoms with Gasteiger partial charge in [-0.15, -0.1) is 0 Å². The third-order valence-corrected chi connectivity index (χ3v) is 7.67. The minimum Gasteiger partial charge on any atom is -0.170 e. The van der Waals surface area contributed by atoms with Crippen LogP contribution in [0.15, 0.2) is 60.7 Å². The van der Waals surface area contributed by atoms with Crippen molar-refractivity contribution in [1.82, 2.24) is 0 Å². The van der Waals surface area contributed by atoms with Crippen molar-refractivity contribution in [2.24, 2.45) is 23.2 Å². The number of halogens is 3. The molecule has 6 rings (SSSR count). The van der Waals surface area contributed by atoms with Crippen LogP contribution in [0.5, 0.6) is 0 Å². The first-order valence-corrected chi connectivity index (χ1v) is 10.1. The highest BCUT2D eigenvalue weighted by molar-refractivity contribution is 5.46. The normalized spacial score (nSPS) is 32.6. The Morgan fingerprint density at radius 2 is 1.00 bits per heavy atom. The van der Waals surface area contributed by atoms with Crippen molar-refractivity contribution in [3.63, 3.8) is 0 Å². The molecule has 0 aliphatic heterocycles. The van der Waals surface area contributed by atoms with E-state index < -0.39 is 17.0 Å². The Labute approximate surface area is 158 Å². The van der Waals surface area contributed by atoms with Crippen LogP contribution < -0.4 is 0 Å². The molecule has 4 aliphatic rings. The van der Waals surface area contributed by atoms with E-state index in [1.165, 1.54) is 0 Å². The third kappa shape index (κ3) is 2.36. The van der Waals surface area contributed by atoms with Gasteiger partial charge in [0.05, 0.1) is 0 Å². The molecule has 0 unspecified atom stereocenters. The zero-order valence-electron chi connectivity index (χ0n) is 15.4. The highest BCUT2D eigenvalue weighted by Gasteiger charge is 2.71. The van der Waals surface area contributed by atoms with Crippen LogP contribution in [0.25, 0.3) is 0 Å².